The number of allylic oxidation sites excluding steroid dienone is 1. The number of ether oxygens (including phenoxy) is 2. The van der Waals surface area contributed by atoms with E-state index in [0.29, 0.717) is 5.92 Å². The predicted molar refractivity (Wildman–Crippen MR) is 60.4 cm³/mol. The zero-order valence-corrected chi connectivity index (χ0v) is 8.98. The molecule has 2 nitrogen and oxygen atoms in total. The Labute approximate surface area is 90.5 Å². The molecule has 1 aliphatic heterocycles. The predicted octanol–water partition coefficient (Wildman–Crippen LogP) is 2.71. The molecule has 0 saturated carbocycles. The molecule has 1 aromatic rings. The summed E-state index contributed by atoms with van der Waals surface area (Å²) in [4.78, 5) is 0. The molecule has 0 N–H and O–H groups in total. The van der Waals surface area contributed by atoms with Crippen molar-refractivity contribution in [3.8, 4) is 0 Å². The normalized spacial score (nSPS) is 17.3. The molecule has 2 rings (SSSR count). The summed E-state index contributed by atoms with van der Waals surface area (Å²) < 4.78 is 10.6. The molecule has 1 aromatic carbocycles. The fourth-order valence-electron chi connectivity index (χ4n) is 1.46. The Balaban J connectivity index is 1.84. The summed E-state index contributed by atoms with van der Waals surface area (Å²) in [6.45, 7) is 4.52. The first kappa shape index (κ1) is 10.2. The smallest absolute Gasteiger partial charge is 0.0945 e. The largest absolute Gasteiger partial charge is 0.500 e. The van der Waals surface area contributed by atoms with Crippen molar-refractivity contribution in [1.29, 1.82) is 0 Å². The molecule has 1 fully saturated rings. The monoisotopic (exact) mass is 204 g/mol. The van der Waals surface area contributed by atoms with Crippen LogP contribution in [0.3, 0.4) is 0 Å². The molecular formula is C13H16O2. The molecule has 1 heterocycles. The number of hydrogen-bond donors (Lipinski definition) is 0. The Morgan fingerprint density at radius 1 is 1.40 bits per heavy atom. The van der Waals surface area contributed by atoms with E-state index in [9.17, 15) is 0 Å². The van der Waals surface area contributed by atoms with E-state index in [0.717, 1.165) is 25.4 Å². The second-order valence-corrected chi connectivity index (χ2v) is 3.90. The molecule has 1 saturated heterocycles. The second-order valence-electron chi connectivity index (χ2n) is 3.90. The molecule has 2 heteroatoms. The molecule has 0 unspecified atom stereocenters. The van der Waals surface area contributed by atoms with Crippen LogP contribution in [0.5, 0.6) is 0 Å². The van der Waals surface area contributed by atoms with E-state index >= 15 is 0 Å². The molecule has 15 heavy (non-hydrogen) atoms. The maximum absolute atomic E-state index is 5.51. The van der Waals surface area contributed by atoms with Gasteiger partial charge in [-0.15, -0.1) is 0 Å². The van der Waals surface area contributed by atoms with Gasteiger partial charge in [0.2, 0.25) is 0 Å². The average molecular weight is 204 g/mol. The zero-order valence-electron chi connectivity index (χ0n) is 8.98. The highest BCUT2D eigenvalue weighted by molar-refractivity contribution is 5.62. The van der Waals surface area contributed by atoms with Gasteiger partial charge in [0.1, 0.15) is 0 Å². The van der Waals surface area contributed by atoms with Gasteiger partial charge in [0, 0.05) is 5.92 Å². The van der Waals surface area contributed by atoms with E-state index in [1.807, 2.05) is 24.5 Å². The topological polar surface area (TPSA) is 18.5 Å². The maximum Gasteiger partial charge on any atom is 0.0945 e. The third kappa shape index (κ3) is 2.83. The summed E-state index contributed by atoms with van der Waals surface area (Å²) in [5.74, 6) is 0.588. The van der Waals surface area contributed by atoms with Crippen molar-refractivity contribution in [2.24, 2.45) is 5.92 Å². The van der Waals surface area contributed by atoms with Crippen molar-refractivity contribution in [2.45, 2.75) is 6.92 Å². The standard InChI is InChI=1S/C13H16O2/c1-11(13-5-3-2-4-6-13)7-14-8-12-9-15-10-12/h2-7,12H,8-10H2,1H3/b11-7-. The number of rotatable bonds is 4. The summed E-state index contributed by atoms with van der Waals surface area (Å²) >= 11 is 0. The minimum absolute atomic E-state index is 0.588. The van der Waals surface area contributed by atoms with Crippen LogP contribution in [0.1, 0.15) is 12.5 Å². The molecule has 1 aliphatic rings. The highest BCUT2D eigenvalue weighted by atomic mass is 16.5. The highest BCUT2D eigenvalue weighted by Gasteiger charge is 2.17. The van der Waals surface area contributed by atoms with Crippen LogP contribution in [-0.4, -0.2) is 19.8 Å². The van der Waals surface area contributed by atoms with Crippen LogP contribution in [0.25, 0.3) is 5.57 Å². The second kappa shape index (κ2) is 4.99. The van der Waals surface area contributed by atoms with E-state index in [2.05, 4.69) is 19.1 Å². The fourth-order valence-corrected chi connectivity index (χ4v) is 1.46. The summed E-state index contributed by atoms with van der Waals surface area (Å²) in [6.07, 6.45) is 1.84. The lowest BCUT2D eigenvalue weighted by atomic mass is 10.1. The van der Waals surface area contributed by atoms with Crippen LogP contribution in [-0.2, 0) is 9.47 Å². The van der Waals surface area contributed by atoms with Crippen LogP contribution in [0.2, 0.25) is 0 Å². The van der Waals surface area contributed by atoms with E-state index < -0.39 is 0 Å². The van der Waals surface area contributed by atoms with Gasteiger partial charge in [0.25, 0.3) is 0 Å². The quantitative estimate of drug-likeness (QED) is 0.702. The first-order valence-corrected chi connectivity index (χ1v) is 5.28. The molecule has 0 atom stereocenters. The molecule has 80 valence electrons. The van der Waals surface area contributed by atoms with Gasteiger partial charge in [-0.2, -0.15) is 0 Å². The van der Waals surface area contributed by atoms with Gasteiger partial charge in [-0.05, 0) is 18.1 Å². The van der Waals surface area contributed by atoms with Crippen LogP contribution >= 0.6 is 0 Å². The Morgan fingerprint density at radius 2 is 2.13 bits per heavy atom. The van der Waals surface area contributed by atoms with Gasteiger partial charge in [-0.25, -0.2) is 0 Å². The van der Waals surface area contributed by atoms with Gasteiger partial charge >= 0.3 is 0 Å². The van der Waals surface area contributed by atoms with Crippen LogP contribution in [0, 0.1) is 5.92 Å². The lowest BCUT2D eigenvalue weighted by molar-refractivity contribution is -0.0577. The van der Waals surface area contributed by atoms with E-state index in [4.69, 9.17) is 9.47 Å². The fraction of sp³-hybridized carbons (Fsp3) is 0.385. The van der Waals surface area contributed by atoms with Crippen molar-refractivity contribution in [2.75, 3.05) is 19.8 Å². The Bertz CT molecular complexity index is 326. The number of benzene rings is 1. The van der Waals surface area contributed by atoms with Crippen molar-refractivity contribution in [3.63, 3.8) is 0 Å². The minimum Gasteiger partial charge on any atom is -0.500 e. The lowest BCUT2D eigenvalue weighted by Gasteiger charge is -2.25. The van der Waals surface area contributed by atoms with Gasteiger partial charge in [-0.3, -0.25) is 0 Å². The van der Waals surface area contributed by atoms with Crippen molar-refractivity contribution >= 4 is 5.57 Å². The summed E-state index contributed by atoms with van der Waals surface area (Å²) in [7, 11) is 0. The number of hydrogen-bond acceptors (Lipinski definition) is 2. The first-order valence-electron chi connectivity index (χ1n) is 5.28. The lowest BCUT2D eigenvalue weighted by Crippen LogP contribution is -2.30. The summed E-state index contributed by atoms with van der Waals surface area (Å²) in [6, 6.07) is 10.3. The molecule has 0 aliphatic carbocycles. The Morgan fingerprint density at radius 3 is 2.73 bits per heavy atom. The third-order valence-electron chi connectivity index (χ3n) is 2.53. The summed E-state index contributed by atoms with van der Waals surface area (Å²) in [5, 5.41) is 0. The third-order valence-corrected chi connectivity index (χ3v) is 2.53. The highest BCUT2D eigenvalue weighted by Crippen LogP contribution is 2.14. The van der Waals surface area contributed by atoms with Gasteiger partial charge in [0.15, 0.2) is 0 Å². The van der Waals surface area contributed by atoms with Gasteiger partial charge in [-0.1, -0.05) is 30.3 Å². The van der Waals surface area contributed by atoms with Crippen molar-refractivity contribution < 1.29 is 9.47 Å². The Hall–Kier alpha value is -1.28. The molecule has 0 amide bonds. The van der Waals surface area contributed by atoms with Crippen LogP contribution < -0.4 is 0 Å². The van der Waals surface area contributed by atoms with E-state index in [-0.39, 0.29) is 0 Å². The molecular weight excluding hydrogens is 188 g/mol. The van der Waals surface area contributed by atoms with Gasteiger partial charge in [0.05, 0.1) is 26.1 Å². The zero-order chi connectivity index (χ0) is 10.5. The summed E-state index contributed by atoms with van der Waals surface area (Å²) in [5.41, 5.74) is 2.37. The van der Waals surface area contributed by atoms with Crippen molar-refractivity contribution in [1.82, 2.24) is 0 Å². The minimum atomic E-state index is 0.588. The molecule has 0 radical (unpaired) electrons. The van der Waals surface area contributed by atoms with E-state index in [1.54, 1.807) is 0 Å². The van der Waals surface area contributed by atoms with Crippen molar-refractivity contribution in [3.05, 3.63) is 42.2 Å². The maximum atomic E-state index is 5.51. The SMILES string of the molecule is C/C(=C/OCC1COC1)c1ccccc1. The molecule has 0 bridgehead atoms. The van der Waals surface area contributed by atoms with Crippen LogP contribution in [0.15, 0.2) is 36.6 Å². The molecule has 0 aromatic heterocycles. The molecule has 0 spiro atoms. The van der Waals surface area contributed by atoms with Crippen LogP contribution in [0.4, 0.5) is 0 Å². The Kier molecular flexibility index (Phi) is 3.41. The van der Waals surface area contributed by atoms with E-state index in [1.165, 1.54) is 5.56 Å². The average Bonchev–Trinajstić information content (AvgIpc) is 2.23. The van der Waals surface area contributed by atoms with Gasteiger partial charge < -0.3 is 9.47 Å². The first-order chi connectivity index (χ1) is 7.36.